The van der Waals surface area contributed by atoms with Crippen molar-refractivity contribution in [1.29, 1.82) is 0 Å². The fraction of sp³-hybridized carbons (Fsp3) is 0.0667. The minimum Gasteiger partial charge on any atom is -0.323 e. The molecule has 0 fully saturated rings. The smallest absolute Gasteiger partial charge is 0.185 e. The molecule has 100 valence electrons. The number of hydrogen-bond donors (Lipinski definition) is 0. The lowest BCUT2D eigenvalue weighted by molar-refractivity contribution is 0.0969. The van der Waals surface area contributed by atoms with Crippen LogP contribution >= 0.6 is 0 Å². The lowest BCUT2D eigenvalue weighted by atomic mass is 10.1. The summed E-state index contributed by atoms with van der Waals surface area (Å²) in [5.74, 6) is -1.85. The van der Waals surface area contributed by atoms with E-state index in [0.29, 0.717) is 0 Å². The molecule has 2 aromatic carbocycles. The van der Waals surface area contributed by atoms with E-state index in [-0.39, 0.29) is 12.1 Å². The summed E-state index contributed by atoms with van der Waals surface area (Å²) in [6.45, 7) is -0.0825. The molecule has 0 N–H and O–H groups in total. The molecule has 0 radical (unpaired) electrons. The van der Waals surface area contributed by atoms with Crippen molar-refractivity contribution in [3.8, 4) is 0 Å². The summed E-state index contributed by atoms with van der Waals surface area (Å²) < 4.78 is 28.3. The SMILES string of the molecule is O=C(Cn1cnc2ccccc21)c1cc(F)ccc1F. The number of Topliss-reactive ketones (excluding diaryl/α,β-unsaturated/α-hetero) is 1. The fourth-order valence-corrected chi connectivity index (χ4v) is 2.09. The van der Waals surface area contributed by atoms with Gasteiger partial charge in [0, 0.05) is 0 Å². The van der Waals surface area contributed by atoms with Gasteiger partial charge in [-0.25, -0.2) is 13.8 Å². The first-order valence-electron chi connectivity index (χ1n) is 6.03. The number of nitrogens with zero attached hydrogens (tertiary/aromatic N) is 2. The monoisotopic (exact) mass is 272 g/mol. The van der Waals surface area contributed by atoms with Gasteiger partial charge in [-0.05, 0) is 30.3 Å². The Morgan fingerprint density at radius 3 is 2.80 bits per heavy atom. The molecule has 0 spiro atoms. The maximum atomic E-state index is 13.6. The zero-order valence-corrected chi connectivity index (χ0v) is 10.4. The van der Waals surface area contributed by atoms with Crippen LogP contribution in [-0.4, -0.2) is 15.3 Å². The van der Waals surface area contributed by atoms with E-state index in [4.69, 9.17) is 0 Å². The largest absolute Gasteiger partial charge is 0.323 e. The molecule has 3 aromatic rings. The van der Waals surface area contributed by atoms with Crippen LogP contribution in [0.1, 0.15) is 10.4 Å². The number of aromatic nitrogens is 2. The third kappa shape index (κ3) is 2.18. The molecule has 0 aliphatic carbocycles. The van der Waals surface area contributed by atoms with Crippen LogP contribution in [0.2, 0.25) is 0 Å². The maximum absolute atomic E-state index is 13.6. The minimum atomic E-state index is -0.721. The van der Waals surface area contributed by atoms with Gasteiger partial charge in [-0.1, -0.05) is 12.1 Å². The molecule has 0 bridgehead atoms. The first-order chi connectivity index (χ1) is 9.65. The molecule has 1 heterocycles. The number of para-hydroxylation sites is 2. The zero-order chi connectivity index (χ0) is 14.1. The van der Waals surface area contributed by atoms with Crippen molar-refractivity contribution in [1.82, 2.24) is 9.55 Å². The molecule has 5 heteroatoms. The second kappa shape index (κ2) is 4.85. The number of hydrogen-bond acceptors (Lipinski definition) is 2. The Hall–Kier alpha value is -2.56. The van der Waals surface area contributed by atoms with Crippen LogP contribution in [0, 0.1) is 11.6 Å². The van der Waals surface area contributed by atoms with Gasteiger partial charge in [0.2, 0.25) is 0 Å². The summed E-state index contributed by atoms with van der Waals surface area (Å²) in [5.41, 5.74) is 1.28. The molecule has 20 heavy (non-hydrogen) atoms. The molecule has 0 amide bonds. The molecule has 0 saturated heterocycles. The van der Waals surface area contributed by atoms with Crippen molar-refractivity contribution in [3.63, 3.8) is 0 Å². The van der Waals surface area contributed by atoms with Gasteiger partial charge in [0.05, 0.1) is 29.5 Å². The summed E-state index contributed by atoms with van der Waals surface area (Å²) in [6.07, 6.45) is 1.51. The van der Waals surface area contributed by atoms with Crippen molar-refractivity contribution in [2.24, 2.45) is 0 Å². The average Bonchev–Trinajstić information content (AvgIpc) is 2.85. The predicted octanol–water partition coefficient (Wildman–Crippen LogP) is 3.20. The summed E-state index contributed by atoms with van der Waals surface area (Å²) in [4.78, 5) is 16.2. The van der Waals surface area contributed by atoms with Crippen LogP contribution < -0.4 is 0 Å². The lowest BCUT2D eigenvalue weighted by Crippen LogP contribution is -2.11. The van der Waals surface area contributed by atoms with E-state index in [1.54, 1.807) is 4.57 Å². The van der Waals surface area contributed by atoms with Crippen LogP contribution in [0.5, 0.6) is 0 Å². The third-order valence-electron chi connectivity index (χ3n) is 3.07. The highest BCUT2D eigenvalue weighted by molar-refractivity contribution is 5.96. The van der Waals surface area contributed by atoms with Crippen molar-refractivity contribution < 1.29 is 13.6 Å². The Balaban J connectivity index is 1.94. The number of rotatable bonds is 3. The second-order valence-corrected chi connectivity index (χ2v) is 4.41. The highest BCUT2D eigenvalue weighted by Crippen LogP contribution is 2.15. The lowest BCUT2D eigenvalue weighted by Gasteiger charge is -2.05. The van der Waals surface area contributed by atoms with Crippen molar-refractivity contribution in [2.75, 3.05) is 0 Å². The van der Waals surface area contributed by atoms with Crippen molar-refractivity contribution >= 4 is 16.8 Å². The van der Waals surface area contributed by atoms with E-state index in [2.05, 4.69) is 4.98 Å². The van der Waals surface area contributed by atoms with E-state index in [0.717, 1.165) is 29.2 Å². The second-order valence-electron chi connectivity index (χ2n) is 4.41. The predicted molar refractivity (Wildman–Crippen MR) is 70.4 cm³/mol. The van der Waals surface area contributed by atoms with Crippen LogP contribution in [0.15, 0.2) is 48.8 Å². The highest BCUT2D eigenvalue weighted by Gasteiger charge is 2.14. The Labute approximate surface area is 113 Å². The first kappa shape index (κ1) is 12.5. The molecular formula is C15H10F2N2O. The number of carbonyl (C=O) groups is 1. The molecule has 0 saturated carbocycles. The average molecular weight is 272 g/mol. The summed E-state index contributed by atoms with van der Waals surface area (Å²) in [6, 6.07) is 10.2. The minimum absolute atomic E-state index is 0.0825. The quantitative estimate of drug-likeness (QED) is 0.686. The van der Waals surface area contributed by atoms with Gasteiger partial charge in [-0.15, -0.1) is 0 Å². The Kier molecular flexibility index (Phi) is 3.02. The van der Waals surface area contributed by atoms with E-state index in [9.17, 15) is 13.6 Å². The number of ketones is 1. The standard InChI is InChI=1S/C15H10F2N2O/c16-10-5-6-12(17)11(7-10)15(20)8-19-9-18-13-3-1-2-4-14(13)19/h1-7,9H,8H2. The van der Waals surface area contributed by atoms with Crippen LogP contribution in [0.25, 0.3) is 11.0 Å². The van der Waals surface area contributed by atoms with E-state index in [1.165, 1.54) is 6.33 Å². The molecule has 1 aromatic heterocycles. The van der Waals surface area contributed by atoms with Gasteiger partial charge in [-0.2, -0.15) is 0 Å². The van der Waals surface area contributed by atoms with Crippen LogP contribution in [0.3, 0.4) is 0 Å². The number of carbonyl (C=O) groups excluding carboxylic acids is 1. The third-order valence-corrected chi connectivity index (χ3v) is 3.07. The number of benzene rings is 2. The van der Waals surface area contributed by atoms with Crippen LogP contribution in [-0.2, 0) is 6.54 Å². The Bertz CT molecular complexity index is 795. The molecule has 0 atom stereocenters. The topological polar surface area (TPSA) is 34.9 Å². The number of imidazole rings is 1. The molecule has 0 unspecified atom stereocenters. The zero-order valence-electron chi connectivity index (χ0n) is 10.4. The maximum Gasteiger partial charge on any atom is 0.185 e. The molecule has 3 rings (SSSR count). The van der Waals surface area contributed by atoms with Gasteiger partial charge >= 0.3 is 0 Å². The highest BCUT2D eigenvalue weighted by atomic mass is 19.1. The van der Waals surface area contributed by atoms with Gasteiger partial charge in [0.25, 0.3) is 0 Å². The summed E-state index contributed by atoms with van der Waals surface area (Å²) >= 11 is 0. The van der Waals surface area contributed by atoms with Gasteiger partial charge in [0.15, 0.2) is 5.78 Å². The van der Waals surface area contributed by atoms with Crippen molar-refractivity contribution in [3.05, 3.63) is 66.0 Å². The van der Waals surface area contributed by atoms with Gasteiger partial charge in [-0.3, -0.25) is 4.79 Å². The Morgan fingerprint density at radius 2 is 1.95 bits per heavy atom. The normalized spacial score (nSPS) is 10.9. The van der Waals surface area contributed by atoms with Crippen molar-refractivity contribution in [2.45, 2.75) is 6.54 Å². The van der Waals surface area contributed by atoms with Gasteiger partial charge < -0.3 is 4.57 Å². The molecule has 0 aliphatic heterocycles. The molecule has 3 nitrogen and oxygen atoms in total. The van der Waals surface area contributed by atoms with E-state index >= 15 is 0 Å². The fourth-order valence-electron chi connectivity index (χ4n) is 2.09. The molecule has 0 aliphatic rings. The number of halogens is 2. The first-order valence-corrected chi connectivity index (χ1v) is 6.03. The summed E-state index contributed by atoms with van der Waals surface area (Å²) in [7, 11) is 0. The van der Waals surface area contributed by atoms with Crippen LogP contribution in [0.4, 0.5) is 8.78 Å². The summed E-state index contributed by atoms with van der Waals surface area (Å²) in [5, 5.41) is 0. The van der Waals surface area contributed by atoms with E-state index < -0.39 is 17.4 Å². The van der Waals surface area contributed by atoms with E-state index in [1.807, 2.05) is 24.3 Å². The molecular weight excluding hydrogens is 262 g/mol. The van der Waals surface area contributed by atoms with Gasteiger partial charge in [0.1, 0.15) is 11.6 Å². The Morgan fingerprint density at radius 1 is 1.15 bits per heavy atom. The number of fused-ring (bicyclic) bond motifs is 1.